The third kappa shape index (κ3) is 5.89. The Bertz CT molecular complexity index is 1120. The van der Waals surface area contributed by atoms with Gasteiger partial charge in [0.25, 0.3) is 5.91 Å². The molecule has 1 aromatic carbocycles. The molecule has 1 aromatic rings. The fourth-order valence-corrected chi connectivity index (χ4v) is 7.65. The predicted molar refractivity (Wildman–Crippen MR) is 128 cm³/mol. The van der Waals surface area contributed by atoms with Crippen LogP contribution in [-0.2, 0) is 21.1 Å². The lowest BCUT2D eigenvalue weighted by atomic mass is 10.1. The molecule has 0 spiro atoms. The van der Waals surface area contributed by atoms with E-state index in [2.05, 4.69) is 16.9 Å². The monoisotopic (exact) mass is 490 g/mol. The molecule has 33 heavy (non-hydrogen) atoms. The molecule has 9 nitrogen and oxygen atoms in total. The van der Waals surface area contributed by atoms with Crippen LogP contribution < -0.4 is 14.8 Å². The van der Waals surface area contributed by atoms with E-state index in [-0.39, 0.29) is 28.4 Å². The summed E-state index contributed by atoms with van der Waals surface area (Å²) in [6.07, 6.45) is 3.46. The highest BCUT2D eigenvalue weighted by Gasteiger charge is 2.48. The quantitative estimate of drug-likeness (QED) is 0.314. The van der Waals surface area contributed by atoms with Gasteiger partial charge in [-0.2, -0.15) is 5.26 Å². The first-order chi connectivity index (χ1) is 15.8. The van der Waals surface area contributed by atoms with Crippen molar-refractivity contribution in [2.75, 3.05) is 38.8 Å². The van der Waals surface area contributed by atoms with E-state index in [1.54, 1.807) is 26.4 Å². The fraction of sp³-hybridized carbons (Fsp3) is 0.409. The maximum Gasteiger partial charge on any atom is 0.263 e. The smallest absolute Gasteiger partial charge is 0.263 e. The van der Waals surface area contributed by atoms with Crippen molar-refractivity contribution in [3.63, 3.8) is 0 Å². The Morgan fingerprint density at radius 3 is 2.79 bits per heavy atom. The van der Waals surface area contributed by atoms with Crippen LogP contribution in [-0.4, -0.2) is 74.5 Å². The van der Waals surface area contributed by atoms with Gasteiger partial charge in [0.15, 0.2) is 26.5 Å². The Kier molecular flexibility index (Phi) is 8.05. The molecule has 1 amide bonds. The van der Waals surface area contributed by atoms with Gasteiger partial charge in [-0.25, -0.2) is 13.4 Å². The Hall–Kier alpha value is -2.97. The predicted octanol–water partition coefficient (Wildman–Crippen LogP) is 1.53. The number of amides is 1. The van der Waals surface area contributed by atoms with E-state index in [9.17, 15) is 18.5 Å². The van der Waals surface area contributed by atoms with E-state index >= 15 is 0 Å². The summed E-state index contributed by atoms with van der Waals surface area (Å²) in [4.78, 5) is 18.7. The number of nitriles is 1. The number of rotatable bonds is 9. The molecule has 0 saturated carbocycles. The van der Waals surface area contributed by atoms with Crippen LogP contribution in [0.5, 0.6) is 11.5 Å². The van der Waals surface area contributed by atoms with Gasteiger partial charge in [0.2, 0.25) is 0 Å². The van der Waals surface area contributed by atoms with Gasteiger partial charge in [0.1, 0.15) is 11.6 Å². The van der Waals surface area contributed by atoms with Crippen LogP contribution in [0.2, 0.25) is 0 Å². The third-order valence-electron chi connectivity index (χ3n) is 5.32. The summed E-state index contributed by atoms with van der Waals surface area (Å²) in [6.45, 7) is 4.49. The van der Waals surface area contributed by atoms with Crippen molar-refractivity contribution in [1.82, 2.24) is 10.2 Å². The number of ether oxygens (including phenoxy) is 2. The molecule has 2 aliphatic rings. The molecule has 2 saturated heterocycles. The average Bonchev–Trinajstić information content (AvgIpc) is 3.26. The zero-order valence-corrected chi connectivity index (χ0v) is 20.1. The molecular weight excluding hydrogens is 464 g/mol. The number of nitrogens with one attached hydrogen (secondary N) is 1. The number of hydrogen-bond acceptors (Lipinski definition) is 8. The molecule has 2 aliphatic heterocycles. The molecule has 11 heteroatoms. The zero-order chi connectivity index (χ0) is 24.0. The first-order valence-electron chi connectivity index (χ1n) is 10.2. The highest BCUT2D eigenvalue weighted by atomic mass is 32.2. The van der Waals surface area contributed by atoms with Crippen molar-refractivity contribution < 1.29 is 22.7 Å². The van der Waals surface area contributed by atoms with Gasteiger partial charge < -0.3 is 19.7 Å². The summed E-state index contributed by atoms with van der Waals surface area (Å²) in [7, 11) is 0.0469. The van der Waals surface area contributed by atoms with Gasteiger partial charge in [0, 0.05) is 18.3 Å². The lowest BCUT2D eigenvalue weighted by molar-refractivity contribution is -0.117. The van der Waals surface area contributed by atoms with Crippen LogP contribution in [0.1, 0.15) is 5.56 Å². The molecule has 2 fully saturated rings. The summed E-state index contributed by atoms with van der Waals surface area (Å²) in [5.74, 6) is 0.869. The van der Waals surface area contributed by atoms with Crippen molar-refractivity contribution >= 4 is 32.7 Å². The van der Waals surface area contributed by atoms with Gasteiger partial charge in [-0.1, -0.05) is 23.9 Å². The molecule has 3 rings (SSSR count). The van der Waals surface area contributed by atoms with Crippen molar-refractivity contribution in [3.8, 4) is 17.6 Å². The molecule has 0 radical (unpaired) electrons. The fourth-order valence-electron chi connectivity index (χ4n) is 3.71. The summed E-state index contributed by atoms with van der Waals surface area (Å²) in [5.41, 5.74) is 0.818. The number of methoxy groups -OCH3 is 2. The number of nitrogens with zero attached hydrogens (tertiary/aromatic N) is 3. The standard InChI is InChI=1S/C22H26N4O5S2/c1-4-9-26-17-13-33(28,29)14-20(17)32-22(26)25-12-16(11-23)21(27)24-8-7-15-5-6-18(30-2)19(10-15)31-3/h4-6,10,12,17,20H,1,7-9,13-14H2,2-3H3,(H,24,27)/b16-12+,25-22?/t17-,20-/m0/s1. The zero-order valence-electron chi connectivity index (χ0n) is 18.5. The molecular formula is C22H26N4O5S2. The van der Waals surface area contributed by atoms with Crippen molar-refractivity contribution in [1.29, 1.82) is 5.26 Å². The van der Waals surface area contributed by atoms with Crippen LogP contribution in [0.4, 0.5) is 0 Å². The molecule has 0 unspecified atom stereocenters. The largest absolute Gasteiger partial charge is 0.493 e. The Morgan fingerprint density at radius 2 is 2.12 bits per heavy atom. The number of benzene rings is 1. The van der Waals surface area contributed by atoms with Gasteiger partial charge in [0.05, 0.1) is 38.0 Å². The highest BCUT2D eigenvalue weighted by molar-refractivity contribution is 8.15. The number of fused-ring (bicyclic) bond motifs is 1. The molecule has 2 heterocycles. The topological polar surface area (TPSA) is 121 Å². The second-order valence-electron chi connectivity index (χ2n) is 7.50. The van der Waals surface area contributed by atoms with Crippen molar-refractivity contribution in [2.45, 2.75) is 17.7 Å². The summed E-state index contributed by atoms with van der Waals surface area (Å²) in [6, 6.07) is 7.21. The van der Waals surface area contributed by atoms with E-state index < -0.39 is 15.7 Å². The number of aliphatic imine (C=N–C) groups is 1. The number of amidine groups is 1. The van der Waals surface area contributed by atoms with Crippen LogP contribution in [0.25, 0.3) is 0 Å². The SMILES string of the molecule is C=CCN1C(=N/C=C(\C#N)C(=O)NCCc2ccc(OC)c(OC)c2)S[C@H]2CS(=O)(=O)C[C@@H]21. The van der Waals surface area contributed by atoms with Crippen molar-refractivity contribution in [2.24, 2.45) is 4.99 Å². The minimum Gasteiger partial charge on any atom is -0.493 e. The van der Waals surface area contributed by atoms with E-state index in [1.165, 1.54) is 18.0 Å². The first kappa shape index (κ1) is 24.7. The van der Waals surface area contributed by atoms with Crippen LogP contribution in [0, 0.1) is 11.3 Å². The van der Waals surface area contributed by atoms with Crippen LogP contribution >= 0.6 is 11.8 Å². The minimum absolute atomic E-state index is 0.0724. The average molecular weight is 491 g/mol. The maximum atomic E-state index is 12.4. The van der Waals surface area contributed by atoms with Crippen molar-refractivity contribution in [3.05, 3.63) is 48.2 Å². The molecule has 1 N–H and O–H groups in total. The number of thioether (sulfide) groups is 1. The second-order valence-corrected chi connectivity index (χ2v) is 10.9. The van der Waals surface area contributed by atoms with Gasteiger partial charge in [-0.3, -0.25) is 4.79 Å². The molecule has 0 aliphatic carbocycles. The van der Waals surface area contributed by atoms with Crippen LogP contribution in [0.3, 0.4) is 0 Å². The summed E-state index contributed by atoms with van der Waals surface area (Å²) in [5, 5.41) is 12.6. The first-order valence-corrected chi connectivity index (χ1v) is 12.9. The maximum absolute atomic E-state index is 12.4. The van der Waals surface area contributed by atoms with Gasteiger partial charge in [-0.15, -0.1) is 6.58 Å². The summed E-state index contributed by atoms with van der Waals surface area (Å²) >= 11 is 1.36. The Balaban J connectivity index is 1.63. The normalized spacial score (nSPS) is 22.5. The molecule has 176 valence electrons. The van der Waals surface area contributed by atoms with E-state index in [1.807, 2.05) is 23.1 Å². The Morgan fingerprint density at radius 1 is 1.36 bits per heavy atom. The number of carbonyl (C=O) groups is 1. The molecule has 0 bridgehead atoms. The molecule has 2 atom stereocenters. The van der Waals surface area contributed by atoms with Crippen LogP contribution in [0.15, 0.2) is 47.6 Å². The Labute approximate surface area is 198 Å². The van der Waals surface area contributed by atoms with Gasteiger partial charge >= 0.3 is 0 Å². The lowest BCUT2D eigenvalue weighted by Crippen LogP contribution is -2.37. The summed E-state index contributed by atoms with van der Waals surface area (Å²) < 4.78 is 34.4. The van der Waals surface area contributed by atoms with E-state index in [0.717, 1.165) is 5.56 Å². The number of hydrogen-bond donors (Lipinski definition) is 1. The number of carbonyl (C=O) groups excluding carboxylic acids is 1. The number of sulfone groups is 1. The highest BCUT2D eigenvalue weighted by Crippen LogP contribution is 2.38. The third-order valence-corrected chi connectivity index (χ3v) is 8.58. The molecule has 0 aromatic heterocycles. The van der Waals surface area contributed by atoms with E-state index in [4.69, 9.17) is 9.47 Å². The van der Waals surface area contributed by atoms with E-state index in [0.29, 0.717) is 36.2 Å². The lowest BCUT2D eigenvalue weighted by Gasteiger charge is -2.22. The minimum atomic E-state index is -3.07. The second kappa shape index (κ2) is 10.8. The van der Waals surface area contributed by atoms with Gasteiger partial charge in [-0.05, 0) is 24.1 Å².